The van der Waals surface area contributed by atoms with E-state index in [0.717, 1.165) is 37.4 Å². The quantitative estimate of drug-likeness (QED) is 0.919. The number of urea groups is 1. The molecule has 0 bridgehead atoms. The number of hydrogen-bond acceptors (Lipinski definition) is 2. The van der Waals surface area contributed by atoms with Crippen LogP contribution in [0.4, 0.5) is 4.79 Å². The van der Waals surface area contributed by atoms with Gasteiger partial charge < -0.3 is 15.1 Å². The van der Waals surface area contributed by atoms with E-state index >= 15 is 0 Å². The average Bonchev–Trinajstić information content (AvgIpc) is 2.98. The Balaban J connectivity index is 1.42. The van der Waals surface area contributed by atoms with E-state index in [4.69, 9.17) is 0 Å². The number of nitrogens with zero attached hydrogens (tertiary/aromatic N) is 2. The Morgan fingerprint density at radius 1 is 1.04 bits per heavy atom. The lowest BCUT2D eigenvalue weighted by Gasteiger charge is -2.23. The van der Waals surface area contributed by atoms with Gasteiger partial charge in [-0.05, 0) is 63.6 Å². The molecule has 1 atom stereocenters. The molecule has 2 saturated heterocycles. The standard InChI is InChI=1S/C20H31N3O/c1-17-6-8-18(9-7-17)15-21-20(24)23-13-4-5-19(10-14-23)16-22-11-2-3-12-22/h6-9,19H,2-5,10-16H2,1H3,(H,21,24). The SMILES string of the molecule is Cc1ccc(CNC(=O)N2CCCC(CN3CCCC3)CC2)cc1. The lowest BCUT2D eigenvalue weighted by Crippen LogP contribution is -2.40. The normalized spacial score (nSPS) is 22.4. The monoisotopic (exact) mass is 329 g/mol. The van der Waals surface area contributed by atoms with Crippen LogP contribution in [0.3, 0.4) is 0 Å². The molecule has 0 saturated carbocycles. The van der Waals surface area contributed by atoms with Gasteiger partial charge in [-0.2, -0.15) is 0 Å². The Labute approximate surface area is 146 Å². The predicted molar refractivity (Wildman–Crippen MR) is 98.0 cm³/mol. The zero-order chi connectivity index (χ0) is 16.8. The molecule has 1 aromatic carbocycles. The topological polar surface area (TPSA) is 35.6 Å². The Hall–Kier alpha value is -1.55. The summed E-state index contributed by atoms with van der Waals surface area (Å²) in [6.07, 6.45) is 6.27. The number of carbonyl (C=O) groups excluding carboxylic acids is 1. The van der Waals surface area contributed by atoms with Crippen LogP contribution in [0.1, 0.15) is 43.2 Å². The highest BCUT2D eigenvalue weighted by Gasteiger charge is 2.23. The summed E-state index contributed by atoms with van der Waals surface area (Å²) in [5.74, 6) is 0.762. The first-order valence-corrected chi connectivity index (χ1v) is 9.51. The second kappa shape index (κ2) is 8.52. The number of likely N-dealkylation sites (tertiary alicyclic amines) is 2. The highest BCUT2D eigenvalue weighted by Crippen LogP contribution is 2.21. The molecule has 1 unspecified atom stereocenters. The smallest absolute Gasteiger partial charge is 0.317 e. The molecule has 2 heterocycles. The molecule has 3 rings (SSSR count). The van der Waals surface area contributed by atoms with E-state index in [1.165, 1.54) is 44.5 Å². The van der Waals surface area contributed by atoms with Gasteiger partial charge in [-0.3, -0.25) is 0 Å². The summed E-state index contributed by atoms with van der Waals surface area (Å²) >= 11 is 0. The maximum atomic E-state index is 12.4. The number of rotatable bonds is 4. The van der Waals surface area contributed by atoms with Crippen molar-refractivity contribution < 1.29 is 4.79 Å². The average molecular weight is 329 g/mol. The van der Waals surface area contributed by atoms with Crippen LogP contribution in [0.5, 0.6) is 0 Å². The van der Waals surface area contributed by atoms with Crippen molar-refractivity contribution in [1.82, 2.24) is 15.1 Å². The number of nitrogens with one attached hydrogen (secondary N) is 1. The summed E-state index contributed by atoms with van der Waals surface area (Å²) < 4.78 is 0. The molecule has 0 spiro atoms. The minimum Gasteiger partial charge on any atom is -0.334 e. The third kappa shape index (κ3) is 4.97. The van der Waals surface area contributed by atoms with Gasteiger partial charge >= 0.3 is 6.03 Å². The summed E-state index contributed by atoms with van der Waals surface area (Å²) in [6, 6.07) is 8.46. The third-order valence-corrected chi connectivity index (χ3v) is 5.41. The van der Waals surface area contributed by atoms with Crippen molar-refractivity contribution in [2.75, 3.05) is 32.7 Å². The molecule has 0 radical (unpaired) electrons. The van der Waals surface area contributed by atoms with Crippen molar-refractivity contribution in [3.05, 3.63) is 35.4 Å². The van der Waals surface area contributed by atoms with Crippen LogP contribution in [0.25, 0.3) is 0 Å². The Morgan fingerprint density at radius 3 is 2.54 bits per heavy atom. The predicted octanol–water partition coefficient (Wildman–Crippen LogP) is 3.40. The number of aryl methyl sites for hydroxylation is 1. The van der Waals surface area contributed by atoms with Crippen molar-refractivity contribution in [2.45, 2.75) is 45.6 Å². The van der Waals surface area contributed by atoms with Gasteiger partial charge in [0.1, 0.15) is 0 Å². The molecule has 132 valence electrons. The van der Waals surface area contributed by atoms with E-state index in [2.05, 4.69) is 41.4 Å². The van der Waals surface area contributed by atoms with Crippen LogP contribution in [-0.4, -0.2) is 48.6 Å². The van der Waals surface area contributed by atoms with Crippen molar-refractivity contribution >= 4 is 6.03 Å². The maximum Gasteiger partial charge on any atom is 0.317 e. The van der Waals surface area contributed by atoms with Gasteiger partial charge in [0.2, 0.25) is 0 Å². The lowest BCUT2D eigenvalue weighted by molar-refractivity contribution is 0.197. The van der Waals surface area contributed by atoms with Crippen LogP contribution >= 0.6 is 0 Å². The van der Waals surface area contributed by atoms with E-state index < -0.39 is 0 Å². The first kappa shape index (κ1) is 17.3. The molecule has 0 aromatic heterocycles. The molecule has 2 fully saturated rings. The number of amides is 2. The molecule has 1 aromatic rings. The maximum absolute atomic E-state index is 12.4. The van der Waals surface area contributed by atoms with E-state index in [1.54, 1.807) is 0 Å². The summed E-state index contributed by atoms with van der Waals surface area (Å²) in [5, 5.41) is 3.08. The van der Waals surface area contributed by atoms with Crippen LogP contribution in [0.15, 0.2) is 24.3 Å². The largest absolute Gasteiger partial charge is 0.334 e. The first-order chi connectivity index (χ1) is 11.7. The van der Waals surface area contributed by atoms with Gasteiger partial charge in [-0.25, -0.2) is 4.79 Å². The minimum atomic E-state index is 0.0948. The molecule has 4 heteroatoms. The van der Waals surface area contributed by atoms with Gasteiger partial charge in [0.25, 0.3) is 0 Å². The Bertz CT molecular complexity index is 522. The van der Waals surface area contributed by atoms with Gasteiger partial charge in [-0.1, -0.05) is 29.8 Å². The number of carbonyl (C=O) groups is 1. The summed E-state index contributed by atoms with van der Waals surface area (Å²) in [7, 11) is 0. The van der Waals surface area contributed by atoms with Crippen molar-refractivity contribution in [2.24, 2.45) is 5.92 Å². The second-order valence-corrected chi connectivity index (χ2v) is 7.44. The fourth-order valence-electron chi connectivity index (χ4n) is 3.88. The molecule has 4 nitrogen and oxygen atoms in total. The number of benzene rings is 1. The van der Waals surface area contributed by atoms with E-state index in [9.17, 15) is 4.79 Å². The second-order valence-electron chi connectivity index (χ2n) is 7.44. The fourth-order valence-corrected chi connectivity index (χ4v) is 3.88. The molecule has 2 amide bonds. The Kier molecular flexibility index (Phi) is 6.13. The van der Waals surface area contributed by atoms with E-state index in [0.29, 0.717) is 6.54 Å². The van der Waals surface area contributed by atoms with Crippen molar-refractivity contribution in [3.8, 4) is 0 Å². The van der Waals surface area contributed by atoms with Crippen LogP contribution in [-0.2, 0) is 6.54 Å². The van der Waals surface area contributed by atoms with Crippen LogP contribution in [0.2, 0.25) is 0 Å². The lowest BCUT2D eigenvalue weighted by atomic mass is 10.0. The zero-order valence-electron chi connectivity index (χ0n) is 15.0. The fraction of sp³-hybridized carbons (Fsp3) is 0.650. The van der Waals surface area contributed by atoms with Crippen LogP contribution in [0, 0.1) is 12.8 Å². The Morgan fingerprint density at radius 2 is 1.79 bits per heavy atom. The van der Waals surface area contributed by atoms with E-state index in [1.807, 2.05) is 4.90 Å². The molecule has 0 aliphatic carbocycles. The van der Waals surface area contributed by atoms with Gasteiger partial charge in [0.05, 0.1) is 0 Å². The van der Waals surface area contributed by atoms with Gasteiger partial charge in [0, 0.05) is 26.2 Å². The minimum absolute atomic E-state index is 0.0948. The molecule has 1 N–H and O–H groups in total. The third-order valence-electron chi connectivity index (χ3n) is 5.41. The highest BCUT2D eigenvalue weighted by molar-refractivity contribution is 5.74. The molecular weight excluding hydrogens is 298 g/mol. The molecule has 2 aliphatic rings. The molecule has 2 aliphatic heterocycles. The van der Waals surface area contributed by atoms with Gasteiger partial charge in [0.15, 0.2) is 0 Å². The van der Waals surface area contributed by atoms with Crippen molar-refractivity contribution in [1.29, 1.82) is 0 Å². The first-order valence-electron chi connectivity index (χ1n) is 9.51. The van der Waals surface area contributed by atoms with E-state index in [-0.39, 0.29) is 6.03 Å². The number of hydrogen-bond donors (Lipinski definition) is 1. The van der Waals surface area contributed by atoms with Crippen LogP contribution < -0.4 is 5.32 Å². The highest BCUT2D eigenvalue weighted by atomic mass is 16.2. The molecule has 24 heavy (non-hydrogen) atoms. The summed E-state index contributed by atoms with van der Waals surface area (Å²) in [6.45, 7) is 8.28. The zero-order valence-corrected chi connectivity index (χ0v) is 15.0. The summed E-state index contributed by atoms with van der Waals surface area (Å²) in [4.78, 5) is 17.1. The van der Waals surface area contributed by atoms with Gasteiger partial charge in [-0.15, -0.1) is 0 Å². The van der Waals surface area contributed by atoms with Crippen molar-refractivity contribution in [3.63, 3.8) is 0 Å². The molecular formula is C20H31N3O. The summed E-state index contributed by atoms with van der Waals surface area (Å²) in [5.41, 5.74) is 2.41.